The predicted molar refractivity (Wildman–Crippen MR) is 154 cm³/mol. The third-order valence-electron chi connectivity index (χ3n) is 5.21. The summed E-state index contributed by atoms with van der Waals surface area (Å²) in [7, 11) is 0. The van der Waals surface area contributed by atoms with E-state index in [4.69, 9.17) is 47.4 Å². The predicted octanol–water partition coefficient (Wildman–Crippen LogP) is 0.793. The van der Waals surface area contributed by atoms with Crippen molar-refractivity contribution >= 4 is 17.8 Å². The fourth-order valence-corrected chi connectivity index (χ4v) is 3.22. The summed E-state index contributed by atoms with van der Waals surface area (Å²) in [5.74, 6) is -0.889. The molecule has 0 aromatic rings. The molecule has 2 amide bonds. The normalized spacial score (nSPS) is 13.4. The van der Waals surface area contributed by atoms with Gasteiger partial charge in [-0.3, -0.25) is 19.3 Å². The summed E-state index contributed by atoms with van der Waals surface area (Å²) in [5, 5.41) is 0. The van der Waals surface area contributed by atoms with Crippen LogP contribution >= 0.6 is 0 Å². The van der Waals surface area contributed by atoms with Crippen molar-refractivity contribution in [1.29, 1.82) is 0 Å². The molecule has 0 unspecified atom stereocenters. The molecule has 43 heavy (non-hydrogen) atoms. The first kappa shape index (κ1) is 39.0. The lowest BCUT2D eigenvalue weighted by molar-refractivity contribution is -0.156. The average molecular weight is 622 g/mol. The Morgan fingerprint density at radius 1 is 0.512 bits per heavy atom. The van der Waals surface area contributed by atoms with Crippen LogP contribution in [0.15, 0.2) is 12.2 Å². The number of carbonyl (C=O) groups excluding carboxylic acids is 3. The summed E-state index contributed by atoms with van der Waals surface area (Å²) < 4.78 is 53.9. The number of rotatable bonds is 30. The third kappa shape index (κ3) is 25.1. The second kappa shape index (κ2) is 26.4. The molecule has 0 bridgehead atoms. The van der Waals surface area contributed by atoms with Crippen LogP contribution in [0.2, 0.25) is 0 Å². The molecule has 1 rings (SSSR count). The van der Waals surface area contributed by atoms with Crippen LogP contribution in [0.25, 0.3) is 0 Å². The van der Waals surface area contributed by atoms with E-state index in [0.717, 1.165) is 4.90 Å². The fraction of sp³-hybridized carbons (Fsp3) is 0.828. The van der Waals surface area contributed by atoms with Crippen LogP contribution in [0.5, 0.6) is 0 Å². The molecule has 0 fully saturated rings. The smallest absolute Gasteiger partial charge is 0.308 e. The van der Waals surface area contributed by atoms with Crippen molar-refractivity contribution in [3.05, 3.63) is 12.2 Å². The Labute approximate surface area is 255 Å². The monoisotopic (exact) mass is 621 g/mol. The molecule has 14 heteroatoms. The second-order valence-corrected chi connectivity index (χ2v) is 10.0. The first-order chi connectivity index (χ1) is 20.8. The molecule has 14 nitrogen and oxygen atoms in total. The van der Waals surface area contributed by atoms with Gasteiger partial charge in [-0.25, -0.2) is 0 Å². The van der Waals surface area contributed by atoms with E-state index in [2.05, 4.69) is 0 Å². The van der Waals surface area contributed by atoms with Gasteiger partial charge in [0.25, 0.3) is 11.8 Å². The zero-order valence-corrected chi connectivity index (χ0v) is 26.1. The Morgan fingerprint density at radius 3 is 1.09 bits per heavy atom. The number of esters is 1. The van der Waals surface area contributed by atoms with E-state index in [9.17, 15) is 14.4 Å². The van der Waals surface area contributed by atoms with E-state index < -0.39 is 5.60 Å². The van der Waals surface area contributed by atoms with Gasteiger partial charge in [0.05, 0.1) is 132 Å². The lowest BCUT2D eigenvalue weighted by Crippen LogP contribution is -2.33. The second-order valence-electron chi connectivity index (χ2n) is 10.0. The minimum absolute atomic E-state index is 0.226. The number of amides is 2. The molecule has 0 spiro atoms. The van der Waals surface area contributed by atoms with Crippen molar-refractivity contribution in [3.8, 4) is 0 Å². The summed E-state index contributed by atoms with van der Waals surface area (Å²) in [6.45, 7) is 13.5. The van der Waals surface area contributed by atoms with Gasteiger partial charge in [0.15, 0.2) is 0 Å². The highest BCUT2D eigenvalue weighted by atomic mass is 16.6. The third-order valence-corrected chi connectivity index (χ3v) is 5.21. The van der Waals surface area contributed by atoms with E-state index in [-0.39, 0.29) is 37.4 Å². The lowest BCUT2D eigenvalue weighted by atomic mass is 10.2. The summed E-state index contributed by atoms with van der Waals surface area (Å²) >= 11 is 0. The molecule has 0 radical (unpaired) electrons. The number of imide groups is 1. The zero-order chi connectivity index (χ0) is 31.4. The maximum Gasteiger partial charge on any atom is 0.308 e. The molecular formula is C29H51NO13. The maximum absolute atomic E-state index is 11.5. The molecule has 0 aromatic heterocycles. The number of hydrogen-bond acceptors (Lipinski definition) is 13. The average Bonchev–Trinajstić information content (AvgIpc) is 3.27. The van der Waals surface area contributed by atoms with Gasteiger partial charge in [0, 0.05) is 12.2 Å². The molecule has 250 valence electrons. The number of nitrogens with zero attached hydrogens (tertiary/aromatic N) is 1. The van der Waals surface area contributed by atoms with Crippen molar-refractivity contribution in [2.75, 3.05) is 125 Å². The van der Waals surface area contributed by atoms with Gasteiger partial charge in [-0.05, 0) is 20.8 Å². The van der Waals surface area contributed by atoms with E-state index in [1.165, 1.54) is 12.2 Å². The first-order valence-corrected chi connectivity index (χ1v) is 14.7. The van der Waals surface area contributed by atoms with Crippen LogP contribution in [-0.2, 0) is 61.8 Å². The van der Waals surface area contributed by atoms with Gasteiger partial charge in [0.1, 0.15) is 5.60 Å². The number of carbonyl (C=O) groups is 3. The molecule has 0 saturated carbocycles. The van der Waals surface area contributed by atoms with E-state index in [1.54, 1.807) is 0 Å². The van der Waals surface area contributed by atoms with E-state index in [1.807, 2.05) is 20.8 Å². The van der Waals surface area contributed by atoms with Crippen molar-refractivity contribution in [2.24, 2.45) is 0 Å². The molecule has 0 N–H and O–H groups in total. The maximum atomic E-state index is 11.5. The van der Waals surface area contributed by atoms with Crippen LogP contribution in [0.4, 0.5) is 0 Å². The molecular weight excluding hydrogens is 570 g/mol. The lowest BCUT2D eigenvalue weighted by Gasteiger charge is -2.19. The Balaban J connectivity index is 1.66. The van der Waals surface area contributed by atoms with E-state index in [0.29, 0.717) is 112 Å². The Hall–Kier alpha value is -2.01. The Morgan fingerprint density at radius 2 is 0.791 bits per heavy atom. The molecule has 1 aliphatic rings. The minimum atomic E-state index is -0.478. The number of ether oxygens (including phenoxy) is 10. The summed E-state index contributed by atoms with van der Waals surface area (Å²) in [5.41, 5.74) is -0.478. The first-order valence-electron chi connectivity index (χ1n) is 14.7. The van der Waals surface area contributed by atoms with Crippen LogP contribution in [0.1, 0.15) is 27.2 Å². The summed E-state index contributed by atoms with van der Waals surface area (Å²) in [6, 6.07) is 0. The molecule has 0 aromatic carbocycles. The molecule has 1 heterocycles. The van der Waals surface area contributed by atoms with Gasteiger partial charge < -0.3 is 47.4 Å². The van der Waals surface area contributed by atoms with Crippen LogP contribution in [-0.4, -0.2) is 154 Å². The highest BCUT2D eigenvalue weighted by Gasteiger charge is 2.22. The Kier molecular flexibility index (Phi) is 24.0. The molecule has 0 atom stereocenters. The van der Waals surface area contributed by atoms with Crippen LogP contribution < -0.4 is 0 Å². The SMILES string of the molecule is CC(C)(C)OC(=O)CCOCCOCCOCCOCCOCCOCCOCCOCCOCCN1C(=O)C=CC1=O. The van der Waals surface area contributed by atoms with Gasteiger partial charge in [-0.15, -0.1) is 0 Å². The van der Waals surface area contributed by atoms with Crippen molar-refractivity contribution in [1.82, 2.24) is 4.90 Å². The van der Waals surface area contributed by atoms with Crippen LogP contribution in [0.3, 0.4) is 0 Å². The Bertz CT molecular complexity index is 739. The highest BCUT2D eigenvalue weighted by molar-refractivity contribution is 6.12. The molecule has 0 saturated heterocycles. The van der Waals surface area contributed by atoms with Gasteiger partial charge in [-0.2, -0.15) is 0 Å². The van der Waals surface area contributed by atoms with Gasteiger partial charge in [0.2, 0.25) is 0 Å². The van der Waals surface area contributed by atoms with Gasteiger partial charge in [-0.1, -0.05) is 0 Å². The minimum Gasteiger partial charge on any atom is -0.460 e. The quantitative estimate of drug-likeness (QED) is 0.0633. The fourth-order valence-electron chi connectivity index (χ4n) is 3.22. The van der Waals surface area contributed by atoms with Crippen molar-refractivity contribution in [3.63, 3.8) is 0 Å². The topological polar surface area (TPSA) is 147 Å². The zero-order valence-electron chi connectivity index (χ0n) is 26.1. The van der Waals surface area contributed by atoms with Gasteiger partial charge >= 0.3 is 5.97 Å². The van der Waals surface area contributed by atoms with Crippen molar-refractivity contribution in [2.45, 2.75) is 32.8 Å². The molecule has 0 aliphatic carbocycles. The standard InChI is InChI=1S/C29H51NO13/c1-29(2,3)43-28(33)6-8-34-10-12-36-14-16-38-18-20-40-22-24-42-25-23-41-21-19-39-17-15-37-13-11-35-9-7-30-26(31)4-5-27(30)32/h4-5H,6-25H2,1-3H3. The molecule has 1 aliphatic heterocycles. The highest BCUT2D eigenvalue weighted by Crippen LogP contribution is 2.08. The summed E-state index contributed by atoms with van der Waals surface area (Å²) in [6.07, 6.45) is 2.73. The van der Waals surface area contributed by atoms with E-state index >= 15 is 0 Å². The van der Waals surface area contributed by atoms with Crippen molar-refractivity contribution < 1.29 is 61.8 Å². The summed E-state index contributed by atoms with van der Waals surface area (Å²) in [4.78, 5) is 35.4. The number of hydrogen-bond donors (Lipinski definition) is 0. The van der Waals surface area contributed by atoms with Crippen LogP contribution in [0, 0.1) is 0 Å². The largest absolute Gasteiger partial charge is 0.460 e.